The van der Waals surface area contributed by atoms with E-state index in [1.54, 1.807) is 11.7 Å². The number of aromatic nitrogens is 4. The summed E-state index contributed by atoms with van der Waals surface area (Å²) in [6, 6.07) is 8.30. The highest BCUT2D eigenvalue weighted by Crippen LogP contribution is 2.15. The van der Waals surface area contributed by atoms with Crippen molar-refractivity contribution in [1.29, 1.82) is 0 Å². The molecule has 0 saturated carbocycles. The lowest BCUT2D eigenvalue weighted by Crippen LogP contribution is -2.28. The SMILES string of the molecule is CCc1ccc(C(C)NC(=O)CSc2nnnn2C)cc1. The van der Waals surface area contributed by atoms with Crippen LogP contribution in [0.15, 0.2) is 29.4 Å². The molecule has 0 aliphatic heterocycles. The van der Waals surface area contributed by atoms with E-state index in [1.807, 2.05) is 6.92 Å². The molecule has 0 bridgehead atoms. The Balaban J connectivity index is 1.85. The third-order valence-electron chi connectivity index (χ3n) is 3.18. The molecule has 0 radical (unpaired) electrons. The highest BCUT2D eigenvalue weighted by atomic mass is 32.2. The number of nitrogens with one attached hydrogen (secondary N) is 1. The maximum Gasteiger partial charge on any atom is 0.230 e. The zero-order valence-electron chi connectivity index (χ0n) is 12.4. The van der Waals surface area contributed by atoms with Crippen molar-refractivity contribution in [2.75, 3.05) is 5.75 Å². The third-order valence-corrected chi connectivity index (χ3v) is 4.19. The molecule has 7 heteroatoms. The number of hydrogen-bond acceptors (Lipinski definition) is 5. The van der Waals surface area contributed by atoms with E-state index in [0.717, 1.165) is 12.0 Å². The van der Waals surface area contributed by atoms with Crippen molar-refractivity contribution in [3.05, 3.63) is 35.4 Å². The van der Waals surface area contributed by atoms with Gasteiger partial charge in [0.15, 0.2) is 0 Å². The van der Waals surface area contributed by atoms with Gasteiger partial charge in [0.05, 0.1) is 11.8 Å². The lowest BCUT2D eigenvalue weighted by atomic mass is 10.1. The standard InChI is InChI=1S/C14H19N5OS/c1-4-11-5-7-12(8-6-11)10(2)15-13(20)9-21-14-16-17-18-19(14)3/h5-8,10H,4,9H2,1-3H3,(H,15,20). The van der Waals surface area contributed by atoms with Crippen molar-refractivity contribution >= 4 is 17.7 Å². The fraction of sp³-hybridized carbons (Fsp3) is 0.429. The summed E-state index contributed by atoms with van der Waals surface area (Å²) in [6.45, 7) is 4.10. The van der Waals surface area contributed by atoms with Gasteiger partial charge in [0.1, 0.15) is 0 Å². The lowest BCUT2D eigenvalue weighted by molar-refractivity contribution is -0.119. The van der Waals surface area contributed by atoms with Gasteiger partial charge in [-0.3, -0.25) is 4.79 Å². The molecule has 0 fully saturated rings. The van der Waals surface area contributed by atoms with Crippen LogP contribution >= 0.6 is 11.8 Å². The number of aryl methyl sites for hydroxylation is 2. The Morgan fingerprint density at radius 3 is 2.67 bits per heavy atom. The van der Waals surface area contributed by atoms with Gasteiger partial charge < -0.3 is 5.32 Å². The molecule has 0 saturated heterocycles. The van der Waals surface area contributed by atoms with Crippen LogP contribution in [-0.4, -0.2) is 31.9 Å². The normalized spacial score (nSPS) is 12.1. The first kappa shape index (κ1) is 15.5. The fourth-order valence-electron chi connectivity index (χ4n) is 1.88. The Bertz CT molecular complexity index is 596. The number of carbonyl (C=O) groups is 1. The van der Waals surface area contributed by atoms with Crippen LogP contribution < -0.4 is 5.32 Å². The quantitative estimate of drug-likeness (QED) is 0.823. The summed E-state index contributed by atoms with van der Waals surface area (Å²) in [6.07, 6.45) is 1.02. The van der Waals surface area contributed by atoms with Crippen molar-refractivity contribution < 1.29 is 4.79 Å². The van der Waals surface area contributed by atoms with Gasteiger partial charge in [-0.15, -0.1) is 5.10 Å². The molecule has 0 aliphatic rings. The molecule has 1 atom stereocenters. The molecule has 0 spiro atoms. The van der Waals surface area contributed by atoms with Gasteiger partial charge in [-0.05, 0) is 34.9 Å². The van der Waals surface area contributed by atoms with Gasteiger partial charge in [0, 0.05) is 7.05 Å². The van der Waals surface area contributed by atoms with Gasteiger partial charge >= 0.3 is 0 Å². The van der Waals surface area contributed by atoms with Crippen LogP contribution in [0, 0.1) is 0 Å². The minimum atomic E-state index is -0.0323. The van der Waals surface area contributed by atoms with E-state index in [2.05, 4.69) is 52.0 Å². The van der Waals surface area contributed by atoms with Crippen LogP contribution in [0.3, 0.4) is 0 Å². The first-order valence-corrected chi connectivity index (χ1v) is 7.82. The predicted octanol–water partition coefficient (Wildman–Crippen LogP) is 1.74. The summed E-state index contributed by atoms with van der Waals surface area (Å²) in [7, 11) is 1.75. The maximum atomic E-state index is 11.9. The van der Waals surface area contributed by atoms with Gasteiger partial charge in [0.25, 0.3) is 0 Å². The minimum absolute atomic E-state index is 0.0124. The topological polar surface area (TPSA) is 72.7 Å². The third kappa shape index (κ3) is 4.29. The first-order chi connectivity index (χ1) is 10.1. The summed E-state index contributed by atoms with van der Waals surface area (Å²) < 4.78 is 1.55. The number of thioether (sulfide) groups is 1. The van der Waals surface area contributed by atoms with Crippen molar-refractivity contribution in [3.63, 3.8) is 0 Å². The molecule has 6 nitrogen and oxygen atoms in total. The van der Waals surface area contributed by atoms with Crippen LogP contribution in [-0.2, 0) is 18.3 Å². The van der Waals surface area contributed by atoms with Crippen LogP contribution in [0.1, 0.15) is 31.0 Å². The monoisotopic (exact) mass is 305 g/mol. The minimum Gasteiger partial charge on any atom is -0.349 e. The molecule has 1 N–H and O–H groups in total. The fourth-order valence-corrected chi connectivity index (χ4v) is 2.54. The van der Waals surface area contributed by atoms with Gasteiger partial charge in [-0.25, -0.2) is 4.68 Å². The average molecular weight is 305 g/mol. The van der Waals surface area contributed by atoms with E-state index < -0.39 is 0 Å². The van der Waals surface area contributed by atoms with Crippen LogP contribution in [0.25, 0.3) is 0 Å². The van der Waals surface area contributed by atoms with Gasteiger partial charge in [-0.1, -0.05) is 43.0 Å². The summed E-state index contributed by atoms with van der Waals surface area (Å²) in [4.78, 5) is 11.9. The summed E-state index contributed by atoms with van der Waals surface area (Å²) in [5.41, 5.74) is 2.40. The first-order valence-electron chi connectivity index (χ1n) is 6.83. The molecule has 112 valence electrons. The Hall–Kier alpha value is -1.89. The molecule has 2 aromatic rings. The number of tetrazole rings is 1. The Morgan fingerprint density at radius 2 is 2.10 bits per heavy atom. The molecule has 1 amide bonds. The van der Waals surface area contributed by atoms with E-state index in [9.17, 15) is 4.79 Å². The van der Waals surface area contributed by atoms with E-state index in [0.29, 0.717) is 10.9 Å². The smallest absolute Gasteiger partial charge is 0.230 e. The predicted molar refractivity (Wildman–Crippen MR) is 81.9 cm³/mol. The summed E-state index contributed by atoms with van der Waals surface area (Å²) in [5, 5.41) is 14.7. The zero-order chi connectivity index (χ0) is 15.2. The number of nitrogens with zero attached hydrogens (tertiary/aromatic N) is 4. The van der Waals surface area contributed by atoms with Crippen molar-refractivity contribution in [2.24, 2.45) is 7.05 Å². The van der Waals surface area contributed by atoms with E-state index in [1.165, 1.54) is 17.3 Å². The Kier molecular flexibility index (Phi) is 5.32. The van der Waals surface area contributed by atoms with E-state index >= 15 is 0 Å². The van der Waals surface area contributed by atoms with Crippen LogP contribution in [0.2, 0.25) is 0 Å². The molecule has 1 unspecified atom stereocenters. The number of benzene rings is 1. The van der Waals surface area contributed by atoms with Crippen molar-refractivity contribution in [2.45, 2.75) is 31.5 Å². The average Bonchev–Trinajstić information content (AvgIpc) is 2.90. The second kappa shape index (κ2) is 7.21. The maximum absolute atomic E-state index is 11.9. The van der Waals surface area contributed by atoms with Gasteiger partial charge in [0.2, 0.25) is 11.1 Å². The molecular weight excluding hydrogens is 286 g/mol. The zero-order valence-corrected chi connectivity index (χ0v) is 13.2. The molecule has 1 aromatic carbocycles. The Morgan fingerprint density at radius 1 is 1.38 bits per heavy atom. The van der Waals surface area contributed by atoms with Crippen molar-refractivity contribution in [1.82, 2.24) is 25.5 Å². The van der Waals surface area contributed by atoms with E-state index in [-0.39, 0.29) is 11.9 Å². The second-order valence-corrected chi connectivity index (χ2v) is 5.70. The van der Waals surface area contributed by atoms with Gasteiger partial charge in [-0.2, -0.15) is 0 Å². The highest BCUT2D eigenvalue weighted by Gasteiger charge is 2.11. The molecule has 1 aromatic heterocycles. The van der Waals surface area contributed by atoms with E-state index in [4.69, 9.17) is 0 Å². The molecule has 1 heterocycles. The largest absolute Gasteiger partial charge is 0.349 e. The number of rotatable bonds is 6. The Labute approximate surface area is 128 Å². The van der Waals surface area contributed by atoms with Crippen LogP contribution in [0.4, 0.5) is 0 Å². The summed E-state index contributed by atoms with van der Waals surface area (Å²) >= 11 is 1.32. The second-order valence-electron chi connectivity index (χ2n) is 4.76. The number of hydrogen-bond donors (Lipinski definition) is 1. The number of amides is 1. The molecule has 0 aliphatic carbocycles. The lowest BCUT2D eigenvalue weighted by Gasteiger charge is -2.14. The van der Waals surface area contributed by atoms with Crippen LogP contribution in [0.5, 0.6) is 0 Å². The van der Waals surface area contributed by atoms with Crippen molar-refractivity contribution in [3.8, 4) is 0 Å². The molecule has 2 rings (SSSR count). The highest BCUT2D eigenvalue weighted by molar-refractivity contribution is 7.99. The molecular formula is C14H19N5OS. The molecule has 21 heavy (non-hydrogen) atoms. The summed E-state index contributed by atoms with van der Waals surface area (Å²) in [5.74, 6) is 0.265. The number of carbonyl (C=O) groups excluding carboxylic acids is 1.